The minimum atomic E-state index is 0.397. The van der Waals surface area contributed by atoms with Crippen molar-refractivity contribution in [3.63, 3.8) is 0 Å². The maximum Gasteiger partial charge on any atom is 0.0308 e. The second kappa shape index (κ2) is 5.68. The molecule has 1 aliphatic carbocycles. The zero-order valence-electron chi connectivity index (χ0n) is 11.8. The fourth-order valence-electron chi connectivity index (χ4n) is 3.07. The average molecular weight is 239 g/mol. The van der Waals surface area contributed by atoms with Crippen LogP contribution in [0.2, 0.25) is 0 Å². The molecule has 1 N–H and O–H groups in total. The van der Waals surface area contributed by atoms with Crippen LogP contribution in [-0.2, 0) is 0 Å². The molecule has 100 valence electrons. The van der Waals surface area contributed by atoms with Crippen LogP contribution >= 0.6 is 0 Å². The number of hydrogen-bond donors (Lipinski definition) is 1. The van der Waals surface area contributed by atoms with Crippen molar-refractivity contribution < 1.29 is 0 Å². The van der Waals surface area contributed by atoms with Gasteiger partial charge in [-0.3, -0.25) is 0 Å². The van der Waals surface area contributed by atoms with Crippen LogP contribution in [0.4, 0.5) is 0 Å². The lowest BCUT2D eigenvalue weighted by Gasteiger charge is -2.34. The summed E-state index contributed by atoms with van der Waals surface area (Å²) in [6.07, 6.45) is 5.49. The highest BCUT2D eigenvalue weighted by Crippen LogP contribution is 2.40. The Labute approximate surface area is 107 Å². The van der Waals surface area contributed by atoms with Crippen LogP contribution in [0.3, 0.4) is 0 Å². The van der Waals surface area contributed by atoms with Crippen LogP contribution in [-0.4, -0.2) is 62.2 Å². The standard InChI is InChI=1S/C14H29N3/c1-14(13-6-7-13)12-17(10-4-8-15-14)11-5-9-16(2)3/h13,15H,4-12H2,1-3H3. The van der Waals surface area contributed by atoms with Crippen LogP contribution in [0, 0.1) is 5.92 Å². The van der Waals surface area contributed by atoms with Gasteiger partial charge in [-0.2, -0.15) is 0 Å². The van der Waals surface area contributed by atoms with Gasteiger partial charge in [0.15, 0.2) is 0 Å². The van der Waals surface area contributed by atoms with E-state index in [-0.39, 0.29) is 0 Å². The highest BCUT2D eigenvalue weighted by Gasteiger charge is 2.42. The van der Waals surface area contributed by atoms with E-state index in [1.54, 1.807) is 0 Å². The Morgan fingerprint density at radius 3 is 2.76 bits per heavy atom. The Morgan fingerprint density at radius 2 is 2.12 bits per heavy atom. The second-order valence-corrected chi connectivity index (χ2v) is 6.41. The molecule has 1 unspecified atom stereocenters. The number of rotatable bonds is 5. The molecule has 0 aromatic carbocycles. The largest absolute Gasteiger partial charge is 0.310 e. The molecule has 0 aromatic rings. The fourth-order valence-corrected chi connectivity index (χ4v) is 3.07. The summed E-state index contributed by atoms with van der Waals surface area (Å²) in [5, 5.41) is 3.80. The maximum atomic E-state index is 3.80. The summed E-state index contributed by atoms with van der Waals surface area (Å²) in [6.45, 7) is 8.66. The van der Waals surface area contributed by atoms with Crippen LogP contribution < -0.4 is 5.32 Å². The van der Waals surface area contributed by atoms with E-state index in [9.17, 15) is 0 Å². The summed E-state index contributed by atoms with van der Waals surface area (Å²) in [6, 6.07) is 0. The Kier molecular flexibility index (Phi) is 4.45. The Hall–Kier alpha value is -0.120. The van der Waals surface area contributed by atoms with Crippen molar-refractivity contribution in [2.45, 2.75) is 38.1 Å². The van der Waals surface area contributed by atoms with Crippen LogP contribution in [0.15, 0.2) is 0 Å². The molecule has 17 heavy (non-hydrogen) atoms. The lowest BCUT2D eigenvalue weighted by molar-refractivity contribution is 0.194. The first-order valence-corrected chi connectivity index (χ1v) is 7.22. The molecule has 3 heteroatoms. The predicted octanol–water partition coefficient (Wildman–Crippen LogP) is 1.40. The average Bonchev–Trinajstić information content (AvgIpc) is 3.04. The van der Waals surface area contributed by atoms with Gasteiger partial charge in [0.1, 0.15) is 0 Å². The number of nitrogens with zero attached hydrogens (tertiary/aromatic N) is 2. The minimum absolute atomic E-state index is 0.397. The van der Waals surface area contributed by atoms with Crippen LogP contribution in [0.5, 0.6) is 0 Å². The van der Waals surface area contributed by atoms with E-state index in [4.69, 9.17) is 0 Å². The van der Waals surface area contributed by atoms with E-state index in [0.717, 1.165) is 5.92 Å². The summed E-state index contributed by atoms with van der Waals surface area (Å²) in [5.74, 6) is 0.942. The Balaban J connectivity index is 1.80. The van der Waals surface area contributed by atoms with E-state index < -0.39 is 0 Å². The van der Waals surface area contributed by atoms with Crippen molar-refractivity contribution >= 4 is 0 Å². The van der Waals surface area contributed by atoms with Gasteiger partial charge in [-0.05, 0) is 78.8 Å². The quantitative estimate of drug-likeness (QED) is 0.782. The molecule has 0 spiro atoms. The van der Waals surface area contributed by atoms with Crippen molar-refractivity contribution in [1.29, 1.82) is 0 Å². The van der Waals surface area contributed by atoms with Crippen molar-refractivity contribution in [3.05, 3.63) is 0 Å². The molecular formula is C14H29N3. The van der Waals surface area contributed by atoms with Gasteiger partial charge >= 0.3 is 0 Å². The highest BCUT2D eigenvalue weighted by atomic mass is 15.2. The molecule has 1 saturated carbocycles. The molecule has 1 aliphatic heterocycles. The van der Waals surface area contributed by atoms with Crippen molar-refractivity contribution in [2.24, 2.45) is 5.92 Å². The van der Waals surface area contributed by atoms with Gasteiger partial charge < -0.3 is 15.1 Å². The monoisotopic (exact) mass is 239 g/mol. The molecule has 2 fully saturated rings. The van der Waals surface area contributed by atoms with Gasteiger partial charge in [0.2, 0.25) is 0 Å². The second-order valence-electron chi connectivity index (χ2n) is 6.41. The first-order chi connectivity index (χ1) is 8.10. The molecular weight excluding hydrogens is 210 g/mol. The van der Waals surface area contributed by atoms with E-state index in [1.165, 1.54) is 58.4 Å². The lowest BCUT2D eigenvalue weighted by atomic mass is 9.95. The topological polar surface area (TPSA) is 18.5 Å². The molecule has 0 aromatic heterocycles. The Bertz CT molecular complexity index is 238. The first-order valence-electron chi connectivity index (χ1n) is 7.22. The molecule has 0 bridgehead atoms. The third-order valence-electron chi connectivity index (χ3n) is 4.29. The van der Waals surface area contributed by atoms with E-state index in [2.05, 4.69) is 36.1 Å². The zero-order chi connectivity index (χ0) is 12.3. The molecule has 0 radical (unpaired) electrons. The van der Waals surface area contributed by atoms with Crippen molar-refractivity contribution in [3.8, 4) is 0 Å². The molecule has 2 rings (SSSR count). The molecule has 1 saturated heterocycles. The van der Waals surface area contributed by atoms with Gasteiger partial charge in [-0.15, -0.1) is 0 Å². The summed E-state index contributed by atoms with van der Waals surface area (Å²) < 4.78 is 0. The van der Waals surface area contributed by atoms with Gasteiger partial charge in [-0.1, -0.05) is 0 Å². The third-order valence-corrected chi connectivity index (χ3v) is 4.29. The lowest BCUT2D eigenvalue weighted by Crippen LogP contribution is -2.51. The summed E-state index contributed by atoms with van der Waals surface area (Å²) in [5.41, 5.74) is 0.397. The summed E-state index contributed by atoms with van der Waals surface area (Å²) in [7, 11) is 4.33. The number of hydrogen-bond acceptors (Lipinski definition) is 3. The van der Waals surface area contributed by atoms with Gasteiger partial charge in [0.05, 0.1) is 0 Å². The number of nitrogens with one attached hydrogen (secondary N) is 1. The third kappa shape index (κ3) is 3.94. The Morgan fingerprint density at radius 1 is 1.35 bits per heavy atom. The van der Waals surface area contributed by atoms with E-state index >= 15 is 0 Å². The highest BCUT2D eigenvalue weighted by molar-refractivity contribution is 5.00. The van der Waals surface area contributed by atoms with Gasteiger partial charge in [0, 0.05) is 12.1 Å². The minimum Gasteiger partial charge on any atom is -0.310 e. The predicted molar refractivity (Wildman–Crippen MR) is 73.4 cm³/mol. The van der Waals surface area contributed by atoms with Crippen molar-refractivity contribution in [2.75, 3.05) is 46.8 Å². The molecule has 1 atom stereocenters. The van der Waals surface area contributed by atoms with E-state index in [0.29, 0.717) is 5.54 Å². The maximum absolute atomic E-state index is 3.80. The molecule has 0 amide bonds. The van der Waals surface area contributed by atoms with Gasteiger partial charge in [0.25, 0.3) is 0 Å². The van der Waals surface area contributed by atoms with Crippen LogP contribution in [0.1, 0.15) is 32.6 Å². The molecule has 1 heterocycles. The summed E-state index contributed by atoms with van der Waals surface area (Å²) >= 11 is 0. The van der Waals surface area contributed by atoms with E-state index in [1.807, 2.05) is 0 Å². The van der Waals surface area contributed by atoms with Crippen LogP contribution in [0.25, 0.3) is 0 Å². The van der Waals surface area contributed by atoms with Crippen molar-refractivity contribution in [1.82, 2.24) is 15.1 Å². The molecule has 2 aliphatic rings. The first kappa shape index (κ1) is 13.3. The fraction of sp³-hybridized carbons (Fsp3) is 1.00. The zero-order valence-corrected chi connectivity index (χ0v) is 11.8. The van der Waals surface area contributed by atoms with Gasteiger partial charge in [-0.25, -0.2) is 0 Å². The normalized spacial score (nSPS) is 31.8. The summed E-state index contributed by atoms with van der Waals surface area (Å²) in [4.78, 5) is 4.97. The SMILES string of the molecule is CN(C)CCCN1CCCNC(C)(C2CC2)C1. The molecule has 3 nitrogen and oxygen atoms in total. The smallest absolute Gasteiger partial charge is 0.0308 e.